The second kappa shape index (κ2) is 6.23. The number of halogens is 1. The molecule has 4 nitrogen and oxygen atoms in total. The van der Waals surface area contributed by atoms with Crippen LogP contribution in [0.5, 0.6) is 5.88 Å². The van der Waals surface area contributed by atoms with Crippen molar-refractivity contribution in [3.8, 4) is 5.88 Å². The molecular formula is C13H20ClN3O. The first-order chi connectivity index (χ1) is 8.72. The van der Waals surface area contributed by atoms with Gasteiger partial charge in [-0.1, -0.05) is 6.42 Å². The molecular weight excluding hydrogens is 250 g/mol. The summed E-state index contributed by atoms with van der Waals surface area (Å²) in [6.45, 7) is 2.79. The summed E-state index contributed by atoms with van der Waals surface area (Å²) in [6.07, 6.45) is 3.80. The molecule has 1 heterocycles. The zero-order valence-electron chi connectivity index (χ0n) is 10.9. The van der Waals surface area contributed by atoms with E-state index in [9.17, 15) is 0 Å². The SMILES string of the molecule is COc1cc(NCC2CCCC2CCl)nc(C)n1. The van der Waals surface area contributed by atoms with Crippen molar-refractivity contribution in [2.24, 2.45) is 11.8 Å². The van der Waals surface area contributed by atoms with E-state index < -0.39 is 0 Å². The smallest absolute Gasteiger partial charge is 0.218 e. The zero-order chi connectivity index (χ0) is 13.0. The Kier molecular flexibility index (Phi) is 4.64. The van der Waals surface area contributed by atoms with Gasteiger partial charge in [0.1, 0.15) is 11.6 Å². The van der Waals surface area contributed by atoms with E-state index in [2.05, 4.69) is 15.3 Å². The molecule has 0 aliphatic heterocycles. The van der Waals surface area contributed by atoms with Crippen molar-refractivity contribution in [3.05, 3.63) is 11.9 Å². The lowest BCUT2D eigenvalue weighted by molar-refractivity contribution is 0.395. The summed E-state index contributed by atoms with van der Waals surface area (Å²) in [5, 5.41) is 3.38. The van der Waals surface area contributed by atoms with Crippen molar-refractivity contribution in [2.75, 3.05) is 24.9 Å². The van der Waals surface area contributed by atoms with Crippen LogP contribution in [0, 0.1) is 18.8 Å². The van der Waals surface area contributed by atoms with Crippen LogP contribution in [-0.2, 0) is 0 Å². The molecule has 0 amide bonds. The molecule has 0 spiro atoms. The lowest BCUT2D eigenvalue weighted by Crippen LogP contribution is -2.20. The third-order valence-electron chi connectivity index (χ3n) is 3.58. The van der Waals surface area contributed by atoms with Gasteiger partial charge in [-0.15, -0.1) is 11.6 Å². The molecule has 100 valence electrons. The third-order valence-corrected chi connectivity index (χ3v) is 3.98. The van der Waals surface area contributed by atoms with E-state index in [1.807, 2.05) is 13.0 Å². The Morgan fingerprint density at radius 1 is 1.39 bits per heavy atom. The molecule has 1 aromatic heterocycles. The molecule has 1 aromatic rings. The number of methoxy groups -OCH3 is 1. The van der Waals surface area contributed by atoms with Crippen LogP contribution in [0.25, 0.3) is 0 Å². The van der Waals surface area contributed by atoms with E-state index in [4.69, 9.17) is 16.3 Å². The molecule has 2 atom stereocenters. The van der Waals surface area contributed by atoms with E-state index in [-0.39, 0.29) is 0 Å². The third kappa shape index (κ3) is 3.25. The van der Waals surface area contributed by atoms with Crippen LogP contribution < -0.4 is 10.1 Å². The molecule has 1 aliphatic rings. The topological polar surface area (TPSA) is 47.0 Å². The number of nitrogens with one attached hydrogen (secondary N) is 1. The van der Waals surface area contributed by atoms with Crippen molar-refractivity contribution >= 4 is 17.4 Å². The van der Waals surface area contributed by atoms with Gasteiger partial charge in [0.2, 0.25) is 5.88 Å². The summed E-state index contributed by atoms with van der Waals surface area (Å²) in [6, 6.07) is 1.83. The van der Waals surface area contributed by atoms with Gasteiger partial charge in [-0.3, -0.25) is 0 Å². The molecule has 1 fully saturated rings. The summed E-state index contributed by atoms with van der Waals surface area (Å²) in [5.74, 6) is 4.22. The molecule has 0 aromatic carbocycles. The molecule has 2 unspecified atom stereocenters. The fourth-order valence-electron chi connectivity index (χ4n) is 2.56. The van der Waals surface area contributed by atoms with Gasteiger partial charge in [0.05, 0.1) is 7.11 Å². The van der Waals surface area contributed by atoms with Gasteiger partial charge in [0.15, 0.2) is 0 Å². The highest BCUT2D eigenvalue weighted by Crippen LogP contribution is 2.32. The Morgan fingerprint density at radius 3 is 2.89 bits per heavy atom. The van der Waals surface area contributed by atoms with Gasteiger partial charge in [0.25, 0.3) is 0 Å². The second-order valence-electron chi connectivity index (χ2n) is 4.83. The van der Waals surface area contributed by atoms with Crippen molar-refractivity contribution in [1.29, 1.82) is 0 Å². The molecule has 0 bridgehead atoms. The van der Waals surface area contributed by atoms with E-state index >= 15 is 0 Å². The monoisotopic (exact) mass is 269 g/mol. The first kappa shape index (κ1) is 13.4. The Balaban J connectivity index is 1.95. The summed E-state index contributed by atoms with van der Waals surface area (Å²) < 4.78 is 5.14. The summed E-state index contributed by atoms with van der Waals surface area (Å²) in [7, 11) is 1.62. The number of alkyl halides is 1. The Labute approximate surface area is 113 Å². The fraction of sp³-hybridized carbons (Fsp3) is 0.692. The second-order valence-corrected chi connectivity index (χ2v) is 5.14. The minimum Gasteiger partial charge on any atom is -0.481 e. The summed E-state index contributed by atoms with van der Waals surface area (Å²) in [4.78, 5) is 8.53. The van der Waals surface area contributed by atoms with Crippen molar-refractivity contribution < 1.29 is 4.74 Å². The highest BCUT2D eigenvalue weighted by atomic mass is 35.5. The number of aryl methyl sites for hydroxylation is 1. The largest absolute Gasteiger partial charge is 0.481 e. The maximum absolute atomic E-state index is 5.98. The van der Waals surface area contributed by atoms with Crippen LogP contribution in [0.1, 0.15) is 25.1 Å². The van der Waals surface area contributed by atoms with Crippen LogP contribution in [-0.4, -0.2) is 29.5 Å². The zero-order valence-corrected chi connectivity index (χ0v) is 11.7. The van der Waals surface area contributed by atoms with Crippen molar-refractivity contribution in [3.63, 3.8) is 0 Å². The first-order valence-corrected chi connectivity index (χ1v) is 6.96. The maximum Gasteiger partial charge on any atom is 0.218 e. The number of hydrogen-bond donors (Lipinski definition) is 1. The highest BCUT2D eigenvalue weighted by molar-refractivity contribution is 6.18. The number of nitrogens with zero attached hydrogens (tertiary/aromatic N) is 2. The molecule has 18 heavy (non-hydrogen) atoms. The Bertz CT molecular complexity index is 400. The molecule has 1 aliphatic carbocycles. The highest BCUT2D eigenvalue weighted by Gasteiger charge is 2.26. The fourth-order valence-corrected chi connectivity index (χ4v) is 2.96. The van der Waals surface area contributed by atoms with Crippen molar-refractivity contribution in [2.45, 2.75) is 26.2 Å². The predicted molar refractivity (Wildman–Crippen MR) is 73.4 cm³/mol. The number of ether oxygens (including phenoxy) is 1. The van der Waals surface area contributed by atoms with Crippen LogP contribution >= 0.6 is 11.6 Å². The van der Waals surface area contributed by atoms with E-state index in [1.54, 1.807) is 7.11 Å². The van der Waals surface area contributed by atoms with Gasteiger partial charge in [0, 0.05) is 18.5 Å². The average Bonchev–Trinajstić information content (AvgIpc) is 2.83. The van der Waals surface area contributed by atoms with Crippen LogP contribution in [0.2, 0.25) is 0 Å². The number of rotatable bonds is 5. The molecule has 5 heteroatoms. The molecule has 0 radical (unpaired) electrons. The number of aromatic nitrogens is 2. The van der Waals surface area contributed by atoms with Crippen LogP contribution in [0.3, 0.4) is 0 Å². The van der Waals surface area contributed by atoms with E-state index in [0.717, 1.165) is 24.1 Å². The lowest BCUT2D eigenvalue weighted by Gasteiger charge is -2.18. The lowest BCUT2D eigenvalue weighted by atomic mass is 9.98. The normalized spacial score (nSPS) is 23.1. The van der Waals surface area contributed by atoms with Gasteiger partial charge in [-0.05, 0) is 31.6 Å². The van der Waals surface area contributed by atoms with Gasteiger partial charge in [-0.25, -0.2) is 4.98 Å². The molecule has 2 rings (SSSR count). The van der Waals surface area contributed by atoms with Gasteiger partial charge < -0.3 is 10.1 Å². The van der Waals surface area contributed by atoms with Crippen molar-refractivity contribution in [1.82, 2.24) is 9.97 Å². The maximum atomic E-state index is 5.98. The van der Waals surface area contributed by atoms with E-state index in [1.165, 1.54) is 19.3 Å². The summed E-state index contributed by atoms with van der Waals surface area (Å²) >= 11 is 5.98. The van der Waals surface area contributed by atoms with Crippen LogP contribution in [0.4, 0.5) is 5.82 Å². The minimum absolute atomic E-state index is 0.602. The molecule has 0 saturated heterocycles. The van der Waals surface area contributed by atoms with Gasteiger partial charge >= 0.3 is 0 Å². The number of anilines is 1. The Morgan fingerprint density at radius 2 is 2.17 bits per heavy atom. The minimum atomic E-state index is 0.602. The molecule has 1 N–H and O–H groups in total. The molecule has 1 saturated carbocycles. The number of hydrogen-bond acceptors (Lipinski definition) is 4. The standard InChI is InChI=1S/C13H20ClN3O/c1-9-16-12(6-13(17-9)18-2)15-8-11-5-3-4-10(11)7-14/h6,10-11H,3-5,7-8H2,1-2H3,(H,15,16,17). The first-order valence-electron chi connectivity index (χ1n) is 6.42. The quantitative estimate of drug-likeness (QED) is 0.835. The van der Waals surface area contributed by atoms with Gasteiger partial charge in [-0.2, -0.15) is 4.98 Å². The Hall–Kier alpha value is -1.03. The predicted octanol–water partition coefficient (Wildman–Crippen LogP) is 2.86. The van der Waals surface area contributed by atoms with E-state index in [0.29, 0.717) is 17.7 Å². The van der Waals surface area contributed by atoms with Crippen LogP contribution in [0.15, 0.2) is 6.07 Å². The summed E-state index contributed by atoms with van der Waals surface area (Å²) in [5.41, 5.74) is 0. The average molecular weight is 270 g/mol.